The van der Waals surface area contributed by atoms with E-state index >= 15 is 0 Å². The van der Waals surface area contributed by atoms with Crippen LogP contribution >= 0.6 is 15.9 Å². The van der Waals surface area contributed by atoms with Crippen LogP contribution in [0.1, 0.15) is 30.5 Å². The number of aromatic nitrogens is 5. The summed E-state index contributed by atoms with van der Waals surface area (Å²) in [5.74, 6) is -1.48. The van der Waals surface area contributed by atoms with Gasteiger partial charge in [-0.1, -0.05) is 0 Å². The Morgan fingerprint density at radius 3 is 2.69 bits per heavy atom. The molecule has 0 bridgehead atoms. The Labute approximate surface area is 202 Å². The van der Waals surface area contributed by atoms with Crippen LogP contribution in [0.2, 0.25) is 0 Å². The van der Waals surface area contributed by atoms with E-state index in [1.165, 1.54) is 38.4 Å². The lowest BCUT2D eigenvalue weighted by Crippen LogP contribution is -2.31. The number of amides is 1. The second kappa shape index (κ2) is 8.83. The Morgan fingerprint density at radius 2 is 2.06 bits per heavy atom. The number of carboxylic acid groups (broad SMARTS) is 1. The monoisotopic (exact) mass is 552 g/mol. The molecule has 182 valence electrons. The smallest absolute Gasteiger partial charge is 0.407 e. The molecule has 1 aliphatic heterocycles. The highest BCUT2D eigenvalue weighted by atomic mass is 79.9. The maximum atomic E-state index is 14.4. The summed E-state index contributed by atoms with van der Waals surface area (Å²) in [4.78, 5) is 30.3. The van der Waals surface area contributed by atoms with Crippen molar-refractivity contribution in [2.45, 2.75) is 25.4 Å². The minimum atomic E-state index is -2.89. The van der Waals surface area contributed by atoms with Gasteiger partial charge >= 0.3 is 18.2 Å². The van der Waals surface area contributed by atoms with Crippen LogP contribution in [0.15, 0.2) is 44.1 Å². The topological polar surface area (TPSA) is 119 Å². The first-order chi connectivity index (χ1) is 16.7. The van der Waals surface area contributed by atoms with E-state index in [0.717, 1.165) is 0 Å². The van der Waals surface area contributed by atoms with Crippen LogP contribution in [-0.4, -0.2) is 53.5 Å². The van der Waals surface area contributed by atoms with Crippen LogP contribution in [0.4, 0.5) is 18.0 Å². The van der Waals surface area contributed by atoms with Crippen molar-refractivity contribution in [3.8, 4) is 11.5 Å². The van der Waals surface area contributed by atoms with Gasteiger partial charge in [0.05, 0.1) is 39.4 Å². The van der Waals surface area contributed by atoms with Gasteiger partial charge in [0.15, 0.2) is 0 Å². The quantitative estimate of drug-likeness (QED) is 0.396. The van der Waals surface area contributed by atoms with Crippen molar-refractivity contribution in [2.24, 2.45) is 0 Å². The van der Waals surface area contributed by atoms with Crippen LogP contribution in [0, 0.1) is 5.82 Å². The summed E-state index contributed by atoms with van der Waals surface area (Å²) in [7, 11) is 0. The average molecular weight is 553 g/mol. The van der Waals surface area contributed by atoms with Crippen molar-refractivity contribution in [1.82, 2.24) is 29.2 Å². The fraction of sp³-hybridized carbons (Fsp3) is 0.286. The number of alkyl halides is 2. The van der Waals surface area contributed by atoms with Gasteiger partial charge in [0.2, 0.25) is 5.89 Å². The number of pyridine rings is 1. The molecule has 0 spiro atoms. The Morgan fingerprint density at radius 1 is 1.26 bits per heavy atom. The average Bonchev–Trinajstić information content (AvgIpc) is 3.55. The zero-order valence-corrected chi connectivity index (χ0v) is 19.3. The van der Waals surface area contributed by atoms with E-state index in [0.29, 0.717) is 28.7 Å². The number of carbonyl (C=O) groups is 1. The number of rotatable bonds is 5. The number of imidazole rings is 1. The predicted molar refractivity (Wildman–Crippen MR) is 119 cm³/mol. The normalized spacial score (nSPS) is 16.0. The van der Waals surface area contributed by atoms with Crippen molar-refractivity contribution < 1.29 is 27.5 Å². The van der Waals surface area contributed by atoms with Gasteiger partial charge in [-0.15, -0.1) is 10.2 Å². The van der Waals surface area contributed by atoms with E-state index in [9.17, 15) is 27.9 Å². The molecule has 3 aromatic heterocycles. The summed E-state index contributed by atoms with van der Waals surface area (Å²) in [6, 6.07) is 5.43. The molecule has 1 aliphatic rings. The number of hydrogen-bond acceptors (Lipinski definition) is 6. The molecule has 0 radical (unpaired) electrons. The van der Waals surface area contributed by atoms with Gasteiger partial charge < -0.3 is 14.4 Å². The highest BCUT2D eigenvalue weighted by molar-refractivity contribution is 9.10. The van der Waals surface area contributed by atoms with E-state index < -0.39 is 36.0 Å². The van der Waals surface area contributed by atoms with Crippen LogP contribution in [0.5, 0.6) is 0 Å². The Kier molecular flexibility index (Phi) is 5.83. The van der Waals surface area contributed by atoms with Gasteiger partial charge in [0.25, 0.3) is 5.89 Å². The third kappa shape index (κ3) is 4.17. The third-order valence-corrected chi connectivity index (χ3v) is 6.43. The molecule has 4 aromatic rings. The first-order valence-electron chi connectivity index (χ1n) is 10.4. The van der Waals surface area contributed by atoms with Crippen molar-refractivity contribution in [3.63, 3.8) is 0 Å². The number of hydrogen-bond donors (Lipinski definition) is 1. The van der Waals surface area contributed by atoms with E-state index in [1.807, 2.05) is 0 Å². The van der Waals surface area contributed by atoms with E-state index in [4.69, 9.17) is 4.42 Å². The number of fused-ring (bicyclic) bond motifs is 1. The second-order valence-corrected chi connectivity index (χ2v) is 8.80. The molecule has 0 aliphatic carbocycles. The minimum Gasteiger partial charge on any atom is -0.465 e. The highest BCUT2D eigenvalue weighted by Gasteiger charge is 2.31. The molecule has 0 saturated carbocycles. The summed E-state index contributed by atoms with van der Waals surface area (Å²) in [5.41, 5.74) is 1.11. The highest BCUT2D eigenvalue weighted by Crippen LogP contribution is 2.29. The molecule has 1 amide bonds. The summed E-state index contributed by atoms with van der Waals surface area (Å²) in [6.07, 6.45) is -2.17. The molecule has 10 nitrogen and oxygen atoms in total. The molecule has 0 unspecified atom stereocenters. The Hall–Kier alpha value is -3.68. The Bertz CT molecular complexity index is 1480. The van der Waals surface area contributed by atoms with Gasteiger partial charge in [0.1, 0.15) is 5.82 Å². The Balaban J connectivity index is 1.50. The molecule has 1 aromatic carbocycles. The maximum absolute atomic E-state index is 14.4. The molecule has 5 rings (SSSR count). The number of likely N-dealkylation sites (tertiary alicyclic amines) is 1. The van der Waals surface area contributed by atoms with Crippen LogP contribution < -0.4 is 5.69 Å². The van der Waals surface area contributed by atoms with Crippen molar-refractivity contribution >= 4 is 33.1 Å². The number of benzene rings is 1. The zero-order valence-electron chi connectivity index (χ0n) is 17.7. The van der Waals surface area contributed by atoms with Crippen molar-refractivity contribution in [1.29, 1.82) is 0 Å². The van der Waals surface area contributed by atoms with Crippen molar-refractivity contribution in [2.75, 3.05) is 13.1 Å². The molecule has 35 heavy (non-hydrogen) atoms. The van der Waals surface area contributed by atoms with Crippen LogP contribution in [0.25, 0.3) is 22.5 Å². The lowest BCUT2D eigenvalue weighted by molar-refractivity contribution is 0.116. The maximum Gasteiger partial charge on any atom is 0.407 e. The fourth-order valence-corrected chi connectivity index (χ4v) is 4.48. The first kappa shape index (κ1) is 23.1. The van der Waals surface area contributed by atoms with Crippen LogP contribution in [0.3, 0.4) is 0 Å². The molecular weight excluding hydrogens is 537 g/mol. The van der Waals surface area contributed by atoms with Gasteiger partial charge in [-0.05, 0) is 40.5 Å². The van der Waals surface area contributed by atoms with Gasteiger partial charge in [-0.2, -0.15) is 8.78 Å². The van der Waals surface area contributed by atoms with Crippen LogP contribution in [-0.2, 0) is 6.54 Å². The van der Waals surface area contributed by atoms with E-state index in [2.05, 4.69) is 31.1 Å². The fourth-order valence-electron chi connectivity index (χ4n) is 4.15. The molecule has 1 fully saturated rings. The molecule has 1 atom stereocenters. The molecule has 1 saturated heterocycles. The summed E-state index contributed by atoms with van der Waals surface area (Å²) in [5, 5.41) is 16.1. The SMILES string of the molecule is O=C(O)N1CC[C@H](n2c(=O)n(Cc3ccc(-c4nnc(C(F)F)o4)cn3)c3cc(F)c(Br)cc32)C1. The molecule has 14 heteroatoms. The zero-order chi connectivity index (χ0) is 24.9. The van der Waals surface area contributed by atoms with Gasteiger partial charge in [-0.3, -0.25) is 14.1 Å². The van der Waals surface area contributed by atoms with Gasteiger partial charge in [-0.25, -0.2) is 14.0 Å². The molecule has 1 N–H and O–H groups in total. The molecular formula is C21H16BrF3N6O4. The second-order valence-electron chi connectivity index (χ2n) is 7.95. The van der Waals surface area contributed by atoms with Gasteiger partial charge in [0, 0.05) is 25.4 Å². The third-order valence-electron chi connectivity index (χ3n) is 5.82. The largest absolute Gasteiger partial charge is 0.465 e. The molecule has 4 heterocycles. The number of nitrogens with zero attached hydrogens (tertiary/aromatic N) is 6. The van der Waals surface area contributed by atoms with Crippen molar-refractivity contribution in [3.05, 3.63) is 62.8 Å². The lowest BCUT2D eigenvalue weighted by atomic mass is 10.2. The minimum absolute atomic E-state index is 0.00876. The van der Waals surface area contributed by atoms with E-state index in [-0.39, 0.29) is 30.0 Å². The first-order valence-corrected chi connectivity index (χ1v) is 11.2. The number of halogens is 4. The standard InChI is InChI=1S/C21H16BrF3N6O4/c22-13-5-16-15(6-14(13)23)30(20(32)31(16)12-3-4-29(9-12)21(33)34)8-11-2-1-10(7-26-11)18-27-28-19(35-18)17(24)25/h1-2,5-7,12,17H,3-4,8-9H2,(H,33,34)/t12-/m0/s1. The summed E-state index contributed by atoms with van der Waals surface area (Å²) in [6.45, 7) is 0.416. The predicted octanol–water partition coefficient (Wildman–Crippen LogP) is 4.06. The van der Waals surface area contributed by atoms with E-state index in [1.54, 1.807) is 6.07 Å². The summed E-state index contributed by atoms with van der Waals surface area (Å²) < 4.78 is 47.7. The summed E-state index contributed by atoms with van der Waals surface area (Å²) >= 11 is 3.15. The lowest BCUT2D eigenvalue weighted by Gasteiger charge is -2.13.